The molecule has 0 amide bonds. The molecule has 0 saturated carbocycles. The van der Waals surface area contributed by atoms with Crippen LogP contribution in [0.15, 0.2) is 62.8 Å². The number of nitrogens with one attached hydrogen (secondary N) is 1. The summed E-state index contributed by atoms with van der Waals surface area (Å²) in [6.07, 6.45) is 1.07. The van der Waals surface area contributed by atoms with Crippen LogP contribution in [0.1, 0.15) is 29.4 Å². The third kappa shape index (κ3) is 3.46. The molecule has 1 saturated heterocycles. The number of piperidine rings is 1. The average molecular weight is 426 g/mol. The molecule has 2 aliphatic rings. The smallest absolute Gasteiger partial charge is 0.206 e. The summed E-state index contributed by atoms with van der Waals surface area (Å²) in [6.45, 7) is 3.73. The molecule has 3 heterocycles. The van der Waals surface area contributed by atoms with Gasteiger partial charge in [0.05, 0.1) is 9.79 Å². The highest BCUT2D eigenvalue weighted by Crippen LogP contribution is 2.42. The second-order valence-corrected chi connectivity index (χ2v) is 9.60. The second-order valence-electron chi connectivity index (χ2n) is 7.65. The van der Waals surface area contributed by atoms with Crippen molar-refractivity contribution in [3.8, 4) is 11.5 Å². The van der Waals surface area contributed by atoms with Crippen LogP contribution in [-0.2, 0) is 16.4 Å². The Morgan fingerprint density at radius 3 is 2.87 bits per heavy atom. The summed E-state index contributed by atoms with van der Waals surface area (Å²) in [5.74, 6) is 2.14. The minimum absolute atomic E-state index is 0.0728. The van der Waals surface area contributed by atoms with Gasteiger partial charge in [-0.05, 0) is 50.2 Å². The standard InChI is InChI=1S/C22H22N2O5S/c1-14-9-15(24-29-14)13-27-16-3-2-4-17(10-16)30(25,26)18-5-6-19-20-7-8-23-12-22(20)28-21(19)11-18/h2-6,9-11,20,22-23H,7-8,12-13H2,1H3. The van der Waals surface area contributed by atoms with Gasteiger partial charge in [-0.1, -0.05) is 17.3 Å². The zero-order valence-corrected chi connectivity index (χ0v) is 17.3. The van der Waals surface area contributed by atoms with Crippen molar-refractivity contribution in [2.75, 3.05) is 13.1 Å². The number of hydrogen-bond donors (Lipinski definition) is 1. The predicted octanol–water partition coefficient (Wildman–Crippen LogP) is 3.23. The van der Waals surface area contributed by atoms with Crippen molar-refractivity contribution in [2.45, 2.75) is 41.8 Å². The molecule has 2 unspecified atom stereocenters. The van der Waals surface area contributed by atoms with E-state index in [4.69, 9.17) is 14.0 Å². The molecule has 0 radical (unpaired) electrons. The van der Waals surface area contributed by atoms with E-state index in [0.29, 0.717) is 28.9 Å². The first-order chi connectivity index (χ1) is 14.5. The van der Waals surface area contributed by atoms with Crippen molar-refractivity contribution in [2.24, 2.45) is 0 Å². The maximum Gasteiger partial charge on any atom is 0.206 e. The molecule has 2 atom stereocenters. The lowest BCUT2D eigenvalue weighted by Gasteiger charge is -2.24. The van der Waals surface area contributed by atoms with Crippen molar-refractivity contribution in [3.63, 3.8) is 0 Å². The van der Waals surface area contributed by atoms with Crippen LogP contribution >= 0.6 is 0 Å². The zero-order chi connectivity index (χ0) is 20.7. The number of aryl methyl sites for hydroxylation is 1. The van der Waals surface area contributed by atoms with Crippen molar-refractivity contribution >= 4 is 9.84 Å². The first-order valence-corrected chi connectivity index (χ1v) is 11.4. The lowest BCUT2D eigenvalue weighted by Crippen LogP contribution is -2.39. The molecule has 156 valence electrons. The number of hydrogen-bond acceptors (Lipinski definition) is 7. The van der Waals surface area contributed by atoms with Gasteiger partial charge in [-0.15, -0.1) is 0 Å². The number of sulfone groups is 1. The highest BCUT2D eigenvalue weighted by atomic mass is 32.2. The van der Waals surface area contributed by atoms with E-state index < -0.39 is 9.84 Å². The lowest BCUT2D eigenvalue weighted by atomic mass is 9.90. The van der Waals surface area contributed by atoms with Gasteiger partial charge in [0.15, 0.2) is 0 Å². The summed E-state index contributed by atoms with van der Waals surface area (Å²) in [4.78, 5) is 0.394. The topological polar surface area (TPSA) is 90.7 Å². The van der Waals surface area contributed by atoms with E-state index in [9.17, 15) is 8.42 Å². The van der Waals surface area contributed by atoms with Crippen LogP contribution in [0.3, 0.4) is 0 Å². The number of ether oxygens (including phenoxy) is 2. The summed E-state index contributed by atoms with van der Waals surface area (Å²) in [5, 5.41) is 7.20. The largest absolute Gasteiger partial charge is 0.488 e. The fraction of sp³-hybridized carbons (Fsp3) is 0.318. The Kier molecular flexibility index (Phi) is 4.75. The van der Waals surface area contributed by atoms with E-state index in [-0.39, 0.29) is 22.5 Å². The number of aromatic nitrogens is 1. The molecule has 3 aromatic rings. The van der Waals surface area contributed by atoms with Crippen molar-refractivity contribution in [1.82, 2.24) is 10.5 Å². The Labute approximate surface area is 174 Å². The van der Waals surface area contributed by atoms with Crippen LogP contribution in [0, 0.1) is 6.92 Å². The van der Waals surface area contributed by atoms with Gasteiger partial charge < -0.3 is 19.3 Å². The van der Waals surface area contributed by atoms with E-state index >= 15 is 0 Å². The van der Waals surface area contributed by atoms with Crippen molar-refractivity contribution < 1.29 is 22.4 Å². The van der Waals surface area contributed by atoms with Crippen LogP contribution < -0.4 is 14.8 Å². The molecule has 30 heavy (non-hydrogen) atoms. The van der Waals surface area contributed by atoms with Crippen LogP contribution in [-0.4, -0.2) is 32.8 Å². The van der Waals surface area contributed by atoms with E-state index in [1.54, 1.807) is 43.3 Å². The Balaban J connectivity index is 1.39. The first kappa shape index (κ1) is 19.1. The Bertz CT molecular complexity index is 1190. The molecule has 7 nitrogen and oxygen atoms in total. The minimum Gasteiger partial charge on any atom is -0.488 e. The molecule has 2 aliphatic heterocycles. The minimum atomic E-state index is -3.70. The van der Waals surface area contributed by atoms with Gasteiger partial charge in [0, 0.05) is 24.1 Å². The summed E-state index contributed by atoms with van der Waals surface area (Å²) in [5.41, 5.74) is 1.74. The van der Waals surface area contributed by atoms with Gasteiger partial charge >= 0.3 is 0 Å². The van der Waals surface area contributed by atoms with E-state index in [1.165, 1.54) is 6.07 Å². The Hall–Kier alpha value is -2.84. The van der Waals surface area contributed by atoms with Gasteiger partial charge in [-0.3, -0.25) is 0 Å². The summed E-state index contributed by atoms with van der Waals surface area (Å²) < 4.78 is 43.2. The summed E-state index contributed by atoms with van der Waals surface area (Å²) in [7, 11) is -3.70. The van der Waals surface area contributed by atoms with Gasteiger partial charge in [0.25, 0.3) is 0 Å². The van der Waals surface area contributed by atoms with E-state index in [2.05, 4.69) is 10.5 Å². The fourth-order valence-corrected chi connectivity index (χ4v) is 5.38. The van der Waals surface area contributed by atoms with Crippen molar-refractivity contribution in [1.29, 1.82) is 0 Å². The number of fused-ring (bicyclic) bond motifs is 3. The highest BCUT2D eigenvalue weighted by Gasteiger charge is 2.36. The first-order valence-electron chi connectivity index (χ1n) is 9.92. The van der Waals surface area contributed by atoms with Crippen molar-refractivity contribution in [3.05, 3.63) is 65.5 Å². The fourth-order valence-electron chi connectivity index (χ4n) is 4.07. The highest BCUT2D eigenvalue weighted by molar-refractivity contribution is 7.91. The molecule has 1 N–H and O–H groups in total. The monoisotopic (exact) mass is 426 g/mol. The van der Waals surface area contributed by atoms with Crippen LogP contribution in [0.5, 0.6) is 11.5 Å². The molecule has 1 aromatic heterocycles. The third-order valence-corrected chi connectivity index (χ3v) is 7.33. The normalized spacial score (nSPS) is 20.3. The molecular formula is C22H22N2O5S. The van der Waals surface area contributed by atoms with Crippen LogP contribution in [0.4, 0.5) is 0 Å². The van der Waals surface area contributed by atoms with Gasteiger partial charge in [-0.25, -0.2) is 8.42 Å². The number of nitrogens with zero attached hydrogens (tertiary/aromatic N) is 1. The Morgan fingerprint density at radius 1 is 1.17 bits per heavy atom. The molecule has 1 fully saturated rings. The molecule has 0 aliphatic carbocycles. The SMILES string of the molecule is Cc1cc(COc2cccc(S(=O)(=O)c3ccc4c(c3)OC3CNCCC43)c2)no1. The second kappa shape index (κ2) is 7.45. The quantitative estimate of drug-likeness (QED) is 0.670. The third-order valence-electron chi connectivity index (χ3n) is 5.58. The van der Waals surface area contributed by atoms with E-state index in [1.807, 2.05) is 6.07 Å². The van der Waals surface area contributed by atoms with E-state index in [0.717, 1.165) is 25.1 Å². The lowest BCUT2D eigenvalue weighted by molar-refractivity contribution is 0.176. The molecule has 0 spiro atoms. The molecule has 5 rings (SSSR count). The van der Waals surface area contributed by atoms with Gasteiger partial charge in [0.2, 0.25) is 9.84 Å². The summed E-state index contributed by atoms with van der Waals surface area (Å²) >= 11 is 0. The molecule has 2 aromatic carbocycles. The number of rotatable bonds is 5. The Morgan fingerprint density at radius 2 is 2.03 bits per heavy atom. The molecule has 0 bridgehead atoms. The number of benzene rings is 2. The van der Waals surface area contributed by atoms with Crippen LogP contribution in [0.25, 0.3) is 0 Å². The zero-order valence-electron chi connectivity index (χ0n) is 16.5. The van der Waals surface area contributed by atoms with Gasteiger partial charge in [-0.2, -0.15) is 0 Å². The summed E-state index contributed by atoms with van der Waals surface area (Å²) in [6, 6.07) is 13.5. The predicted molar refractivity (Wildman–Crippen MR) is 109 cm³/mol. The van der Waals surface area contributed by atoms with Crippen LogP contribution in [0.2, 0.25) is 0 Å². The maximum absolute atomic E-state index is 13.2. The van der Waals surface area contributed by atoms with Gasteiger partial charge in [0.1, 0.15) is 35.7 Å². The average Bonchev–Trinajstić information content (AvgIpc) is 3.35. The maximum atomic E-state index is 13.2. The molecular weight excluding hydrogens is 404 g/mol. The molecule has 8 heteroatoms.